The minimum Gasteiger partial charge on any atom is -0.456 e. The maximum Gasteiger partial charge on any atom is 0.417 e. The molecule has 1 nitrogen and oxygen atoms in total. The van der Waals surface area contributed by atoms with Gasteiger partial charge in [0.1, 0.15) is 11.2 Å². The van der Waals surface area contributed by atoms with Crippen LogP contribution >= 0.6 is 0 Å². The molecule has 0 amide bonds. The number of alkyl halides is 3. The highest BCUT2D eigenvalue weighted by molar-refractivity contribution is 6.25. The standard InChI is InChI=1S/C47H27F3O/c48-47(49,50)46-36-21-10-8-19-34(36)44(35-20-9-11-22-37(35)46)38-23-12-24-41-45(38)39-27-29(25-26-40(39)51-41)43-32-17-6-4-15-30(32)42(28-13-2-1-3-14-28)31-16-5-7-18-33(31)43/h1-27H. The zero-order valence-corrected chi connectivity index (χ0v) is 27.1. The maximum atomic E-state index is 14.7. The summed E-state index contributed by atoms with van der Waals surface area (Å²) in [6.45, 7) is 0. The Morgan fingerprint density at radius 3 is 1.35 bits per heavy atom. The van der Waals surface area contributed by atoms with E-state index >= 15 is 0 Å². The molecular weight excluding hydrogens is 638 g/mol. The maximum absolute atomic E-state index is 14.7. The molecule has 0 saturated carbocycles. The molecule has 0 aliphatic heterocycles. The highest BCUT2D eigenvalue weighted by Gasteiger charge is 2.36. The van der Waals surface area contributed by atoms with Crippen LogP contribution in [0.5, 0.6) is 0 Å². The van der Waals surface area contributed by atoms with Crippen molar-refractivity contribution >= 4 is 65.0 Å². The predicted molar refractivity (Wildman–Crippen MR) is 205 cm³/mol. The largest absolute Gasteiger partial charge is 0.456 e. The van der Waals surface area contributed by atoms with Crippen LogP contribution in [0.4, 0.5) is 13.2 Å². The van der Waals surface area contributed by atoms with Gasteiger partial charge in [-0.1, -0.05) is 146 Å². The molecule has 1 aromatic heterocycles. The second kappa shape index (κ2) is 11.1. The molecule has 51 heavy (non-hydrogen) atoms. The fourth-order valence-corrected chi connectivity index (χ4v) is 8.27. The number of hydrogen-bond donors (Lipinski definition) is 0. The van der Waals surface area contributed by atoms with Gasteiger partial charge in [-0.05, 0) is 94.7 Å². The predicted octanol–water partition coefficient (Wildman–Crippen LogP) is 14.2. The monoisotopic (exact) mass is 664 g/mol. The van der Waals surface area contributed by atoms with Gasteiger partial charge in [0.15, 0.2) is 0 Å². The van der Waals surface area contributed by atoms with Gasteiger partial charge in [-0.3, -0.25) is 0 Å². The molecule has 0 bridgehead atoms. The topological polar surface area (TPSA) is 13.1 Å². The highest BCUT2D eigenvalue weighted by atomic mass is 19.4. The molecule has 0 radical (unpaired) electrons. The fourth-order valence-electron chi connectivity index (χ4n) is 8.27. The zero-order valence-electron chi connectivity index (χ0n) is 27.1. The van der Waals surface area contributed by atoms with E-state index in [9.17, 15) is 13.2 Å². The molecule has 0 N–H and O–H groups in total. The van der Waals surface area contributed by atoms with Gasteiger partial charge in [0, 0.05) is 10.8 Å². The zero-order chi connectivity index (χ0) is 34.3. The third kappa shape index (κ3) is 4.43. The lowest BCUT2D eigenvalue weighted by Gasteiger charge is -2.19. The van der Waals surface area contributed by atoms with Crippen LogP contribution < -0.4 is 0 Å². The summed E-state index contributed by atoms with van der Waals surface area (Å²) in [6, 6.07) is 53.5. The van der Waals surface area contributed by atoms with E-state index in [2.05, 4.69) is 84.9 Å². The lowest BCUT2D eigenvalue weighted by Crippen LogP contribution is -2.07. The summed E-state index contributed by atoms with van der Waals surface area (Å²) in [7, 11) is 0. The van der Waals surface area contributed by atoms with Gasteiger partial charge >= 0.3 is 6.18 Å². The van der Waals surface area contributed by atoms with Gasteiger partial charge in [-0.25, -0.2) is 0 Å². The first-order valence-corrected chi connectivity index (χ1v) is 16.9. The van der Waals surface area contributed by atoms with Gasteiger partial charge in [0.25, 0.3) is 0 Å². The Labute approximate surface area is 290 Å². The number of halogens is 3. The second-order valence-electron chi connectivity index (χ2n) is 13.0. The summed E-state index contributed by atoms with van der Waals surface area (Å²) < 4.78 is 50.7. The van der Waals surface area contributed by atoms with Gasteiger partial charge in [-0.2, -0.15) is 13.2 Å². The first kappa shape index (κ1) is 29.5. The fraction of sp³-hybridized carbons (Fsp3) is 0.0213. The van der Waals surface area contributed by atoms with Crippen molar-refractivity contribution in [1.29, 1.82) is 0 Å². The van der Waals surface area contributed by atoms with Gasteiger partial charge in [-0.15, -0.1) is 0 Å². The summed E-state index contributed by atoms with van der Waals surface area (Å²) in [5, 5.41) is 7.86. The van der Waals surface area contributed by atoms with E-state index in [1.165, 1.54) is 5.56 Å². The van der Waals surface area contributed by atoms with E-state index in [1.54, 1.807) is 36.4 Å². The molecule has 10 aromatic rings. The smallest absolute Gasteiger partial charge is 0.417 e. The molecule has 0 fully saturated rings. The number of benzene rings is 9. The van der Waals surface area contributed by atoms with Crippen LogP contribution in [0, 0.1) is 0 Å². The van der Waals surface area contributed by atoms with Crippen LogP contribution in [0.1, 0.15) is 5.56 Å². The molecular formula is C47H27F3O. The van der Waals surface area contributed by atoms with Crippen LogP contribution in [-0.2, 0) is 6.18 Å². The van der Waals surface area contributed by atoms with Crippen molar-refractivity contribution in [2.75, 3.05) is 0 Å². The van der Waals surface area contributed by atoms with Crippen LogP contribution in [0.15, 0.2) is 168 Å². The molecule has 1 heterocycles. The Hall–Kier alpha value is -6.39. The quantitative estimate of drug-likeness (QED) is 0.171. The summed E-state index contributed by atoms with van der Waals surface area (Å²) in [4.78, 5) is 0. The van der Waals surface area contributed by atoms with E-state index in [1.807, 2.05) is 42.5 Å². The van der Waals surface area contributed by atoms with Gasteiger partial charge in [0.05, 0.1) is 5.56 Å². The number of hydrogen-bond acceptors (Lipinski definition) is 1. The third-order valence-corrected chi connectivity index (χ3v) is 10.3. The Balaban J connectivity index is 1.31. The van der Waals surface area contributed by atoms with Crippen molar-refractivity contribution in [3.63, 3.8) is 0 Å². The number of fused-ring (bicyclic) bond motifs is 7. The van der Waals surface area contributed by atoms with Crippen molar-refractivity contribution < 1.29 is 17.6 Å². The van der Waals surface area contributed by atoms with Crippen LogP contribution in [0.2, 0.25) is 0 Å². The minimum atomic E-state index is -4.53. The van der Waals surface area contributed by atoms with E-state index in [-0.39, 0.29) is 10.8 Å². The average molecular weight is 665 g/mol. The normalized spacial score (nSPS) is 12.2. The molecule has 10 rings (SSSR count). The molecule has 0 unspecified atom stereocenters. The highest BCUT2D eigenvalue weighted by Crippen LogP contribution is 2.49. The Bertz CT molecular complexity index is 2890. The van der Waals surface area contributed by atoms with Crippen molar-refractivity contribution in [1.82, 2.24) is 0 Å². The molecule has 0 spiro atoms. The van der Waals surface area contributed by atoms with Crippen molar-refractivity contribution in [3.05, 3.63) is 169 Å². The molecule has 0 aliphatic carbocycles. The van der Waals surface area contributed by atoms with Crippen molar-refractivity contribution in [2.45, 2.75) is 6.18 Å². The third-order valence-electron chi connectivity index (χ3n) is 10.3. The van der Waals surface area contributed by atoms with Crippen LogP contribution in [-0.4, -0.2) is 0 Å². The first-order valence-electron chi connectivity index (χ1n) is 16.9. The number of rotatable bonds is 3. The lowest BCUT2D eigenvalue weighted by atomic mass is 9.85. The molecule has 0 saturated heterocycles. The Kier molecular flexibility index (Phi) is 6.40. The van der Waals surface area contributed by atoms with E-state index in [0.717, 1.165) is 65.7 Å². The van der Waals surface area contributed by atoms with Crippen LogP contribution in [0.3, 0.4) is 0 Å². The summed E-state index contributed by atoms with van der Waals surface area (Å²) in [6.07, 6.45) is -4.53. The minimum absolute atomic E-state index is 0.181. The second-order valence-corrected chi connectivity index (χ2v) is 13.0. The van der Waals surface area contributed by atoms with E-state index in [0.29, 0.717) is 16.4 Å². The molecule has 242 valence electrons. The molecule has 4 heteroatoms. The summed E-state index contributed by atoms with van der Waals surface area (Å²) in [5.74, 6) is 0. The lowest BCUT2D eigenvalue weighted by molar-refractivity contribution is -0.135. The summed E-state index contributed by atoms with van der Waals surface area (Å²) >= 11 is 0. The van der Waals surface area contributed by atoms with Crippen molar-refractivity contribution in [3.8, 4) is 33.4 Å². The van der Waals surface area contributed by atoms with E-state index < -0.39 is 11.7 Å². The van der Waals surface area contributed by atoms with Gasteiger partial charge < -0.3 is 4.42 Å². The van der Waals surface area contributed by atoms with Crippen molar-refractivity contribution in [2.24, 2.45) is 0 Å². The summed E-state index contributed by atoms with van der Waals surface area (Å²) in [5.41, 5.74) is 6.90. The Morgan fingerprint density at radius 1 is 0.353 bits per heavy atom. The van der Waals surface area contributed by atoms with E-state index in [4.69, 9.17) is 4.42 Å². The molecule has 0 aliphatic rings. The molecule has 9 aromatic carbocycles. The SMILES string of the molecule is FC(F)(F)c1c2ccccc2c(-c2cccc3oc4ccc(-c5c6ccccc6c(-c6ccccc6)c6ccccc56)cc4c23)c2ccccc12. The van der Waals surface area contributed by atoms with Crippen LogP contribution in [0.25, 0.3) is 98.4 Å². The number of furan rings is 1. The molecule has 0 atom stereocenters. The average Bonchev–Trinajstić information content (AvgIpc) is 3.54. The van der Waals surface area contributed by atoms with Gasteiger partial charge in [0.2, 0.25) is 0 Å². The Morgan fingerprint density at radius 2 is 0.824 bits per heavy atom. The first-order chi connectivity index (χ1) is 25.0.